The molecule has 24 heavy (non-hydrogen) atoms. The number of hydrogen-bond donors (Lipinski definition) is 1. The van der Waals surface area contributed by atoms with Gasteiger partial charge in [-0.05, 0) is 0 Å². The molecule has 3 heteroatoms. The van der Waals surface area contributed by atoms with Crippen molar-refractivity contribution in [3.05, 3.63) is 90.5 Å². The normalized spacial score (nSPS) is 11.5. The van der Waals surface area contributed by atoms with Crippen molar-refractivity contribution < 1.29 is 0 Å². The molecular formula is C21H22NPSe. The van der Waals surface area contributed by atoms with E-state index in [4.69, 9.17) is 0 Å². The van der Waals surface area contributed by atoms with E-state index in [9.17, 15) is 0 Å². The van der Waals surface area contributed by atoms with Crippen LogP contribution in [0.3, 0.4) is 0 Å². The molecule has 0 aliphatic carbocycles. The molecule has 0 spiro atoms. The molecular weight excluding hydrogens is 376 g/mol. The quantitative estimate of drug-likeness (QED) is 0.477. The third-order valence-corrected chi connectivity index (χ3v) is 9.96. The van der Waals surface area contributed by atoms with Gasteiger partial charge in [0.1, 0.15) is 0 Å². The Labute approximate surface area is 152 Å². The summed E-state index contributed by atoms with van der Waals surface area (Å²) in [6.07, 6.45) is 0. The molecule has 0 saturated heterocycles. The Morgan fingerprint density at radius 1 is 0.708 bits per heavy atom. The average Bonchev–Trinajstić information content (AvgIpc) is 2.63. The van der Waals surface area contributed by atoms with E-state index in [1.165, 1.54) is 16.2 Å². The summed E-state index contributed by atoms with van der Waals surface area (Å²) in [4.78, 5) is 0. The number of rotatable bonds is 5. The molecule has 0 aliphatic rings. The number of nitrogens with one attached hydrogen (secondary N) is 1. The molecule has 122 valence electrons. The third-order valence-electron chi connectivity index (χ3n) is 4.10. The molecule has 0 aliphatic heterocycles. The van der Waals surface area contributed by atoms with Crippen LogP contribution in [-0.2, 0) is 0 Å². The number of hydrogen-bond acceptors (Lipinski definition) is 1. The van der Waals surface area contributed by atoms with Gasteiger partial charge in [0, 0.05) is 0 Å². The van der Waals surface area contributed by atoms with E-state index in [1.807, 2.05) is 0 Å². The van der Waals surface area contributed by atoms with E-state index in [0.29, 0.717) is 5.92 Å². The molecule has 0 radical (unpaired) electrons. The fourth-order valence-electron chi connectivity index (χ4n) is 2.68. The van der Waals surface area contributed by atoms with Crippen molar-refractivity contribution in [2.45, 2.75) is 19.8 Å². The Hall–Kier alpha value is -1.59. The third kappa shape index (κ3) is 3.73. The van der Waals surface area contributed by atoms with Crippen LogP contribution in [-0.4, -0.2) is 15.1 Å². The van der Waals surface area contributed by atoms with Crippen molar-refractivity contribution in [1.82, 2.24) is 0 Å². The van der Waals surface area contributed by atoms with E-state index in [-0.39, 0.29) is 0 Å². The van der Waals surface area contributed by atoms with Crippen molar-refractivity contribution >= 4 is 37.1 Å². The van der Waals surface area contributed by atoms with Crippen LogP contribution in [0.2, 0.25) is 0 Å². The van der Waals surface area contributed by atoms with Crippen LogP contribution in [0.5, 0.6) is 0 Å². The maximum atomic E-state index is 3.81. The molecule has 0 atom stereocenters. The van der Waals surface area contributed by atoms with Crippen LogP contribution in [0.4, 0.5) is 5.69 Å². The summed E-state index contributed by atoms with van der Waals surface area (Å²) in [6.45, 7) is 4.45. The summed E-state index contributed by atoms with van der Waals surface area (Å²) in [5.41, 5.74) is 0.707. The fraction of sp³-hybridized carbons (Fsp3) is 0.143. The van der Waals surface area contributed by atoms with Crippen LogP contribution in [0.25, 0.3) is 0 Å². The fourth-order valence-corrected chi connectivity index (χ4v) is 7.13. The van der Waals surface area contributed by atoms with Gasteiger partial charge in [0.25, 0.3) is 0 Å². The van der Waals surface area contributed by atoms with Gasteiger partial charge in [-0.2, -0.15) is 0 Å². The Bertz CT molecular complexity index is 783. The molecule has 0 fully saturated rings. The van der Waals surface area contributed by atoms with Gasteiger partial charge in [0.2, 0.25) is 0 Å². The van der Waals surface area contributed by atoms with Gasteiger partial charge in [-0.1, -0.05) is 0 Å². The minimum atomic E-state index is -1.81. The van der Waals surface area contributed by atoms with Crippen LogP contribution in [0.1, 0.15) is 25.3 Å². The van der Waals surface area contributed by atoms with Crippen LogP contribution >= 0.6 is 5.66 Å². The Kier molecular flexibility index (Phi) is 5.41. The van der Waals surface area contributed by atoms with E-state index in [0.717, 1.165) is 5.69 Å². The topological polar surface area (TPSA) is 12.0 Å². The number of benzene rings is 3. The standard InChI is InChI=1S/C21H22NPSe/c1-17(2)18-13-15-19(16-14-18)22-23(24,20-9-5-3-6-10-20)21-11-7-4-8-12-21/h3-17H,1-2H3,(H,22,24). The van der Waals surface area contributed by atoms with Crippen molar-refractivity contribution in [2.24, 2.45) is 0 Å². The number of anilines is 1. The van der Waals surface area contributed by atoms with E-state index < -0.39 is 5.66 Å². The van der Waals surface area contributed by atoms with Gasteiger partial charge in [0.05, 0.1) is 0 Å². The molecule has 3 aromatic carbocycles. The van der Waals surface area contributed by atoms with Crippen LogP contribution in [0.15, 0.2) is 84.9 Å². The average molecular weight is 398 g/mol. The van der Waals surface area contributed by atoms with Crippen molar-refractivity contribution in [2.75, 3.05) is 5.09 Å². The summed E-state index contributed by atoms with van der Waals surface area (Å²) in [5, 5.41) is 6.43. The molecule has 1 nitrogen and oxygen atoms in total. The molecule has 0 saturated carbocycles. The second kappa shape index (κ2) is 7.53. The van der Waals surface area contributed by atoms with E-state index in [2.05, 4.69) is 119 Å². The SMILES string of the molecule is CC(C)c1ccc(NP(=[Se])(c2ccccc2)c2ccccc2)cc1. The second-order valence-corrected chi connectivity index (χ2v) is 12.1. The first-order valence-electron chi connectivity index (χ1n) is 8.19. The predicted molar refractivity (Wildman–Crippen MR) is 109 cm³/mol. The van der Waals surface area contributed by atoms with Gasteiger partial charge in [-0.25, -0.2) is 0 Å². The first kappa shape index (κ1) is 17.2. The minimum absolute atomic E-state index is 0.551. The van der Waals surface area contributed by atoms with E-state index >= 15 is 0 Å². The monoisotopic (exact) mass is 399 g/mol. The molecule has 1 N–H and O–H groups in total. The Balaban J connectivity index is 2.01. The zero-order valence-corrected chi connectivity index (χ0v) is 16.6. The summed E-state index contributed by atoms with van der Waals surface area (Å²) in [5.74, 6) is 0.551. The van der Waals surface area contributed by atoms with Gasteiger partial charge in [-0.15, -0.1) is 0 Å². The van der Waals surface area contributed by atoms with Crippen LogP contribution in [0, 0.1) is 0 Å². The second-order valence-electron chi connectivity index (χ2n) is 6.17. The molecule has 0 aromatic heterocycles. The summed E-state index contributed by atoms with van der Waals surface area (Å²) in [6, 6.07) is 30.2. The van der Waals surface area contributed by atoms with Crippen molar-refractivity contribution in [1.29, 1.82) is 0 Å². The zero-order chi connectivity index (χ0) is 17.0. The summed E-state index contributed by atoms with van der Waals surface area (Å²) < 4.78 is 0. The van der Waals surface area contributed by atoms with Crippen molar-refractivity contribution in [3.63, 3.8) is 0 Å². The summed E-state index contributed by atoms with van der Waals surface area (Å²) in [7, 11) is 0. The van der Waals surface area contributed by atoms with E-state index in [1.54, 1.807) is 0 Å². The van der Waals surface area contributed by atoms with Gasteiger partial charge >= 0.3 is 152 Å². The Morgan fingerprint density at radius 3 is 1.58 bits per heavy atom. The zero-order valence-electron chi connectivity index (χ0n) is 14.0. The molecule has 0 amide bonds. The first-order chi connectivity index (χ1) is 11.6. The molecule has 0 unspecified atom stereocenters. The van der Waals surface area contributed by atoms with Gasteiger partial charge < -0.3 is 0 Å². The predicted octanol–water partition coefficient (Wildman–Crippen LogP) is 4.89. The van der Waals surface area contributed by atoms with Crippen LogP contribution < -0.4 is 15.7 Å². The molecule has 3 rings (SSSR count). The van der Waals surface area contributed by atoms with Gasteiger partial charge in [0.15, 0.2) is 0 Å². The van der Waals surface area contributed by atoms with Gasteiger partial charge in [-0.3, -0.25) is 0 Å². The molecule has 3 aromatic rings. The van der Waals surface area contributed by atoms with Crippen molar-refractivity contribution in [3.8, 4) is 0 Å². The molecule has 0 heterocycles. The first-order valence-corrected chi connectivity index (χ1v) is 12.2. The summed E-state index contributed by atoms with van der Waals surface area (Å²) >= 11 is 3.51. The maximum absolute atomic E-state index is 3.81. The molecule has 0 bridgehead atoms. The Morgan fingerprint density at radius 2 is 1.17 bits per heavy atom.